The average Bonchev–Trinajstić information content (AvgIpc) is 3.56. The van der Waals surface area contributed by atoms with Crippen LogP contribution in [0, 0.1) is 28.9 Å². The van der Waals surface area contributed by atoms with E-state index in [1.807, 2.05) is 6.07 Å². The molecule has 0 saturated heterocycles. The van der Waals surface area contributed by atoms with Gasteiger partial charge in [-0.1, -0.05) is 36.4 Å². The summed E-state index contributed by atoms with van der Waals surface area (Å²) in [7, 11) is 2.11. The molecule has 2 unspecified atom stereocenters. The van der Waals surface area contributed by atoms with Gasteiger partial charge >= 0.3 is 0 Å². The van der Waals surface area contributed by atoms with E-state index in [-0.39, 0.29) is 5.92 Å². The molecule has 1 aliphatic carbocycles. The SMILES string of the molecule is CC(CCC(C#N)(c1ccc(F)c(F)c1)C1CC1)N(C)CCc1ccccc1. The third-order valence-electron chi connectivity index (χ3n) is 6.21. The third kappa shape index (κ3) is 4.59. The Kier molecular flexibility index (Phi) is 6.46. The highest BCUT2D eigenvalue weighted by Gasteiger charge is 2.47. The molecule has 1 saturated carbocycles. The van der Waals surface area contributed by atoms with Gasteiger partial charge in [-0.15, -0.1) is 0 Å². The summed E-state index contributed by atoms with van der Waals surface area (Å²) in [4.78, 5) is 2.31. The van der Waals surface area contributed by atoms with Crippen LogP contribution in [-0.2, 0) is 11.8 Å². The van der Waals surface area contributed by atoms with Crippen molar-refractivity contribution in [3.8, 4) is 6.07 Å². The normalized spacial score (nSPS) is 17.1. The van der Waals surface area contributed by atoms with Crippen molar-refractivity contribution in [2.45, 2.75) is 50.5 Å². The Bertz CT molecular complexity index is 826. The second-order valence-corrected chi connectivity index (χ2v) is 8.09. The topological polar surface area (TPSA) is 27.0 Å². The predicted octanol–water partition coefficient (Wildman–Crippen LogP) is 5.48. The van der Waals surface area contributed by atoms with E-state index in [9.17, 15) is 14.0 Å². The molecule has 2 nitrogen and oxygen atoms in total. The number of halogens is 2. The molecule has 2 aromatic rings. The third-order valence-corrected chi connectivity index (χ3v) is 6.21. The highest BCUT2D eigenvalue weighted by atomic mass is 19.2. The highest BCUT2D eigenvalue weighted by Crippen LogP contribution is 2.50. The van der Waals surface area contributed by atoms with Crippen LogP contribution in [0.1, 0.15) is 43.7 Å². The van der Waals surface area contributed by atoms with Gasteiger partial charge in [0, 0.05) is 12.6 Å². The Morgan fingerprint density at radius 1 is 1.14 bits per heavy atom. The van der Waals surface area contributed by atoms with Crippen LogP contribution in [0.2, 0.25) is 0 Å². The van der Waals surface area contributed by atoms with Gasteiger partial charge in [0.2, 0.25) is 0 Å². The van der Waals surface area contributed by atoms with Crippen molar-refractivity contribution in [1.82, 2.24) is 4.90 Å². The maximum atomic E-state index is 13.8. The molecule has 0 aliphatic heterocycles. The van der Waals surface area contributed by atoms with Gasteiger partial charge in [0.05, 0.1) is 11.5 Å². The molecule has 2 aromatic carbocycles. The molecule has 1 fully saturated rings. The zero-order valence-electron chi connectivity index (χ0n) is 16.7. The molecule has 3 rings (SSSR count). The standard InChI is InChI=1S/C24H28F2N2/c1-18(28(2)15-13-19-6-4-3-5-7-19)12-14-24(17-27,20-8-9-20)21-10-11-22(25)23(26)16-21/h3-7,10-11,16,18,20H,8-9,12-15H2,1-2H3. The number of benzene rings is 2. The van der Waals surface area contributed by atoms with Gasteiger partial charge in [-0.3, -0.25) is 0 Å². The lowest BCUT2D eigenvalue weighted by Crippen LogP contribution is -2.34. The number of nitrogens with zero attached hydrogens (tertiary/aromatic N) is 2. The largest absolute Gasteiger partial charge is 0.303 e. The fourth-order valence-corrected chi connectivity index (χ4v) is 3.97. The fraction of sp³-hybridized carbons (Fsp3) is 0.458. The number of nitriles is 1. The molecule has 1 aliphatic rings. The molecule has 0 N–H and O–H groups in total. The number of hydrogen-bond acceptors (Lipinski definition) is 2. The fourth-order valence-electron chi connectivity index (χ4n) is 3.97. The summed E-state index contributed by atoms with van der Waals surface area (Å²) in [6, 6.07) is 17.1. The summed E-state index contributed by atoms with van der Waals surface area (Å²) in [6.07, 6.45) is 4.44. The Balaban J connectivity index is 1.65. The molecular weight excluding hydrogens is 354 g/mol. The van der Waals surface area contributed by atoms with Gasteiger partial charge in [-0.2, -0.15) is 5.26 Å². The van der Waals surface area contributed by atoms with Gasteiger partial charge < -0.3 is 4.90 Å². The minimum absolute atomic E-state index is 0.240. The first-order chi connectivity index (χ1) is 13.5. The first-order valence-corrected chi connectivity index (χ1v) is 10.1. The van der Waals surface area contributed by atoms with Crippen molar-refractivity contribution >= 4 is 0 Å². The first kappa shape index (κ1) is 20.5. The van der Waals surface area contributed by atoms with E-state index in [1.165, 1.54) is 11.6 Å². The number of hydrogen-bond donors (Lipinski definition) is 0. The van der Waals surface area contributed by atoms with Crippen LogP contribution < -0.4 is 0 Å². The lowest BCUT2D eigenvalue weighted by Gasteiger charge is -2.31. The molecule has 0 radical (unpaired) electrons. The molecular formula is C24H28F2N2. The quantitative estimate of drug-likeness (QED) is 0.574. The summed E-state index contributed by atoms with van der Waals surface area (Å²) in [6.45, 7) is 3.12. The van der Waals surface area contributed by atoms with E-state index in [0.29, 0.717) is 18.0 Å². The van der Waals surface area contributed by atoms with Gasteiger partial charge in [0.15, 0.2) is 11.6 Å². The minimum atomic E-state index is -0.870. The van der Waals surface area contributed by atoms with E-state index < -0.39 is 17.0 Å². The van der Waals surface area contributed by atoms with Crippen molar-refractivity contribution in [1.29, 1.82) is 5.26 Å². The summed E-state index contributed by atoms with van der Waals surface area (Å²) in [5, 5.41) is 10.0. The summed E-state index contributed by atoms with van der Waals surface area (Å²) in [5.41, 5.74) is 1.21. The van der Waals surface area contributed by atoms with Crippen LogP contribution >= 0.6 is 0 Å². The van der Waals surface area contributed by atoms with Crippen LogP contribution in [0.15, 0.2) is 48.5 Å². The van der Waals surface area contributed by atoms with Crippen molar-refractivity contribution in [3.05, 3.63) is 71.3 Å². The molecule has 2 atom stereocenters. The van der Waals surface area contributed by atoms with E-state index >= 15 is 0 Å². The second-order valence-electron chi connectivity index (χ2n) is 8.09. The second kappa shape index (κ2) is 8.84. The van der Waals surface area contributed by atoms with Crippen LogP contribution in [-0.4, -0.2) is 24.5 Å². The van der Waals surface area contributed by atoms with Gasteiger partial charge in [-0.05, 0) is 75.3 Å². The molecule has 4 heteroatoms. The molecule has 0 amide bonds. The van der Waals surface area contributed by atoms with Crippen molar-refractivity contribution in [2.24, 2.45) is 5.92 Å². The van der Waals surface area contributed by atoms with Crippen LogP contribution in [0.5, 0.6) is 0 Å². The Labute approximate surface area is 166 Å². The molecule has 0 spiro atoms. The molecule has 148 valence electrons. The van der Waals surface area contributed by atoms with Crippen LogP contribution in [0.3, 0.4) is 0 Å². The van der Waals surface area contributed by atoms with Crippen molar-refractivity contribution in [3.63, 3.8) is 0 Å². The Hall–Kier alpha value is -2.25. The summed E-state index contributed by atoms with van der Waals surface area (Å²) >= 11 is 0. The maximum absolute atomic E-state index is 13.8. The number of likely N-dealkylation sites (N-methyl/N-ethyl adjacent to an activating group) is 1. The van der Waals surface area contributed by atoms with E-state index in [4.69, 9.17) is 0 Å². The summed E-state index contributed by atoms with van der Waals surface area (Å²) in [5.74, 6) is -1.49. The van der Waals surface area contributed by atoms with E-state index in [0.717, 1.165) is 38.3 Å². The molecule has 0 heterocycles. The molecule has 0 aromatic heterocycles. The van der Waals surface area contributed by atoms with Gasteiger partial charge in [0.1, 0.15) is 0 Å². The average molecular weight is 382 g/mol. The first-order valence-electron chi connectivity index (χ1n) is 10.1. The summed E-state index contributed by atoms with van der Waals surface area (Å²) < 4.78 is 27.2. The lowest BCUT2D eigenvalue weighted by molar-refractivity contribution is 0.231. The van der Waals surface area contributed by atoms with Crippen LogP contribution in [0.25, 0.3) is 0 Å². The van der Waals surface area contributed by atoms with Gasteiger partial charge in [0.25, 0.3) is 0 Å². The highest BCUT2D eigenvalue weighted by molar-refractivity contribution is 5.36. The zero-order chi connectivity index (χ0) is 20.1. The predicted molar refractivity (Wildman–Crippen MR) is 108 cm³/mol. The van der Waals surface area contributed by atoms with Gasteiger partial charge in [-0.25, -0.2) is 8.78 Å². The minimum Gasteiger partial charge on any atom is -0.303 e. The monoisotopic (exact) mass is 382 g/mol. The maximum Gasteiger partial charge on any atom is 0.159 e. The molecule has 0 bridgehead atoms. The number of rotatable bonds is 9. The smallest absolute Gasteiger partial charge is 0.159 e. The lowest BCUT2D eigenvalue weighted by atomic mass is 9.73. The Morgan fingerprint density at radius 3 is 2.46 bits per heavy atom. The van der Waals surface area contributed by atoms with Crippen LogP contribution in [0.4, 0.5) is 8.78 Å². The zero-order valence-corrected chi connectivity index (χ0v) is 16.7. The molecule has 28 heavy (non-hydrogen) atoms. The Morgan fingerprint density at radius 2 is 1.86 bits per heavy atom. The van der Waals surface area contributed by atoms with E-state index in [1.54, 1.807) is 6.07 Å². The van der Waals surface area contributed by atoms with E-state index in [2.05, 4.69) is 49.2 Å². The van der Waals surface area contributed by atoms with Crippen molar-refractivity contribution in [2.75, 3.05) is 13.6 Å². The van der Waals surface area contributed by atoms with Crippen molar-refractivity contribution < 1.29 is 8.78 Å².